The zero-order valence-corrected chi connectivity index (χ0v) is 20.4. The Morgan fingerprint density at radius 3 is 2.57 bits per heavy atom. The number of anilines is 1. The molecule has 3 N–H and O–H groups in total. The van der Waals surface area contributed by atoms with Gasteiger partial charge in [-0.3, -0.25) is 9.20 Å². The van der Waals surface area contributed by atoms with Crippen LogP contribution in [0.5, 0.6) is 0 Å². The molecular weight excluding hydrogens is 464 g/mol. The monoisotopic (exact) mass is 492 g/mol. The number of pyridine rings is 1. The zero-order chi connectivity index (χ0) is 25.4. The molecule has 1 aliphatic rings. The van der Waals surface area contributed by atoms with Crippen LogP contribution in [0.1, 0.15) is 18.7 Å². The summed E-state index contributed by atoms with van der Waals surface area (Å²) in [6.07, 6.45) is 6.13. The number of nitrogens with zero attached hydrogens (tertiary/aromatic N) is 5. The number of aromatic nitrogens is 4. The van der Waals surface area contributed by atoms with E-state index < -0.39 is 6.61 Å². The number of hydrogen-bond acceptors (Lipinski definition) is 6. The molecule has 1 saturated heterocycles. The molecule has 4 heterocycles. The van der Waals surface area contributed by atoms with Crippen molar-refractivity contribution in [1.82, 2.24) is 24.3 Å². The minimum atomic E-state index is -0.432. The van der Waals surface area contributed by atoms with Gasteiger partial charge < -0.3 is 15.7 Å². The number of piperidine rings is 1. The second-order valence-corrected chi connectivity index (χ2v) is 9.56. The Hall–Kier alpha value is -4.30. The predicted octanol–water partition coefficient (Wildman–Crippen LogP) is 3.97. The second-order valence-electron chi connectivity index (χ2n) is 9.56. The fourth-order valence-corrected chi connectivity index (χ4v) is 5.25. The first-order valence-corrected chi connectivity index (χ1v) is 12.6. The standard InChI is InChI=1S/C29H28N6O2/c30-29-28-27(22-7-6-21-8-9-23(32-24(21)17-22)20-4-2-1-3-5-20)33-25(35(28)15-12-31-29)16-19-10-13-34(14-11-19)26(37)18-36/h1-9,12,15,17,19,36H,10-11,13-14,16,18H2,(H2,30,31). The second kappa shape index (κ2) is 9.63. The van der Waals surface area contributed by atoms with Crippen LogP contribution in [0, 0.1) is 5.92 Å². The van der Waals surface area contributed by atoms with Crippen LogP contribution in [0.15, 0.2) is 73.1 Å². The molecule has 0 spiro atoms. The van der Waals surface area contributed by atoms with Crippen LogP contribution >= 0.6 is 0 Å². The van der Waals surface area contributed by atoms with E-state index in [0.29, 0.717) is 24.8 Å². The Balaban J connectivity index is 1.36. The van der Waals surface area contributed by atoms with E-state index in [-0.39, 0.29) is 5.91 Å². The predicted molar refractivity (Wildman–Crippen MR) is 144 cm³/mol. The summed E-state index contributed by atoms with van der Waals surface area (Å²) in [4.78, 5) is 27.9. The van der Waals surface area contributed by atoms with Crippen LogP contribution in [0.4, 0.5) is 5.82 Å². The molecular formula is C29H28N6O2. The van der Waals surface area contributed by atoms with Crippen LogP contribution in [0.3, 0.4) is 0 Å². The van der Waals surface area contributed by atoms with Gasteiger partial charge in [0.15, 0.2) is 0 Å². The highest BCUT2D eigenvalue weighted by Crippen LogP contribution is 2.32. The topological polar surface area (TPSA) is 110 Å². The minimum absolute atomic E-state index is 0.203. The third kappa shape index (κ3) is 4.40. The number of rotatable bonds is 5. The lowest BCUT2D eigenvalue weighted by atomic mass is 9.93. The number of carbonyl (C=O) groups is 1. The van der Waals surface area contributed by atoms with Crippen LogP contribution in [-0.2, 0) is 11.2 Å². The molecule has 0 atom stereocenters. The van der Waals surface area contributed by atoms with Crippen LogP contribution in [-0.4, -0.2) is 55.0 Å². The van der Waals surface area contributed by atoms with Gasteiger partial charge in [0.25, 0.3) is 0 Å². The lowest BCUT2D eigenvalue weighted by Crippen LogP contribution is -2.40. The molecule has 0 bridgehead atoms. The van der Waals surface area contributed by atoms with Crippen LogP contribution < -0.4 is 5.73 Å². The molecule has 8 heteroatoms. The number of benzene rings is 2. The first-order valence-electron chi connectivity index (χ1n) is 12.6. The molecule has 5 aromatic rings. The van der Waals surface area contributed by atoms with Gasteiger partial charge in [-0.15, -0.1) is 0 Å². The van der Waals surface area contributed by atoms with Crippen molar-refractivity contribution in [2.45, 2.75) is 19.3 Å². The first kappa shape index (κ1) is 23.1. The van der Waals surface area contributed by atoms with Crippen molar-refractivity contribution in [3.8, 4) is 22.5 Å². The molecule has 0 radical (unpaired) electrons. The molecule has 6 rings (SSSR count). The van der Waals surface area contributed by atoms with Crippen molar-refractivity contribution < 1.29 is 9.90 Å². The van der Waals surface area contributed by atoms with Crippen molar-refractivity contribution in [2.75, 3.05) is 25.4 Å². The van der Waals surface area contributed by atoms with Gasteiger partial charge in [-0.2, -0.15) is 0 Å². The molecule has 0 unspecified atom stereocenters. The van der Waals surface area contributed by atoms with Gasteiger partial charge in [0.1, 0.15) is 29.5 Å². The number of likely N-dealkylation sites (tertiary alicyclic amines) is 1. The number of amides is 1. The van der Waals surface area contributed by atoms with Crippen LogP contribution in [0.25, 0.3) is 38.9 Å². The number of aliphatic hydroxyl groups is 1. The van der Waals surface area contributed by atoms with Gasteiger partial charge in [0, 0.05) is 48.4 Å². The number of imidazole rings is 1. The molecule has 0 saturated carbocycles. The van der Waals surface area contributed by atoms with Gasteiger partial charge in [-0.05, 0) is 30.9 Å². The summed E-state index contributed by atoms with van der Waals surface area (Å²) in [5.74, 6) is 1.55. The number of nitrogens with two attached hydrogens (primary N) is 1. The quantitative estimate of drug-likeness (QED) is 0.384. The van der Waals surface area contributed by atoms with E-state index in [4.69, 9.17) is 20.8 Å². The van der Waals surface area contributed by atoms with E-state index >= 15 is 0 Å². The lowest BCUT2D eigenvalue weighted by Gasteiger charge is -2.31. The Bertz CT molecular complexity index is 1590. The molecule has 2 aromatic carbocycles. The van der Waals surface area contributed by atoms with Crippen molar-refractivity contribution in [3.63, 3.8) is 0 Å². The van der Waals surface area contributed by atoms with Gasteiger partial charge in [0.2, 0.25) is 5.91 Å². The molecule has 1 amide bonds. The minimum Gasteiger partial charge on any atom is -0.387 e. The summed E-state index contributed by atoms with van der Waals surface area (Å²) in [5, 5.41) is 10.2. The third-order valence-electron chi connectivity index (χ3n) is 7.26. The maximum atomic E-state index is 11.8. The van der Waals surface area contributed by atoms with E-state index in [2.05, 4.69) is 41.4 Å². The molecule has 1 fully saturated rings. The first-order chi connectivity index (χ1) is 18.1. The van der Waals surface area contributed by atoms with E-state index in [1.807, 2.05) is 34.9 Å². The number of nitrogen functional groups attached to an aromatic ring is 1. The maximum Gasteiger partial charge on any atom is 0.248 e. The highest BCUT2D eigenvalue weighted by atomic mass is 16.3. The van der Waals surface area contributed by atoms with Crippen molar-refractivity contribution >= 4 is 28.1 Å². The smallest absolute Gasteiger partial charge is 0.248 e. The highest BCUT2D eigenvalue weighted by Gasteiger charge is 2.25. The van der Waals surface area contributed by atoms with Gasteiger partial charge >= 0.3 is 0 Å². The SMILES string of the molecule is Nc1nccn2c(CC3CCN(C(=O)CO)CC3)nc(-c3ccc4ccc(-c5ccccc5)nc4c3)c12. The molecule has 8 nitrogen and oxygen atoms in total. The summed E-state index contributed by atoms with van der Waals surface area (Å²) >= 11 is 0. The number of fused-ring (bicyclic) bond motifs is 2. The molecule has 186 valence electrons. The number of carbonyl (C=O) groups excluding carboxylic acids is 1. The third-order valence-corrected chi connectivity index (χ3v) is 7.26. The van der Waals surface area contributed by atoms with E-state index in [0.717, 1.165) is 64.0 Å². The van der Waals surface area contributed by atoms with E-state index in [1.165, 1.54) is 0 Å². The van der Waals surface area contributed by atoms with E-state index in [9.17, 15) is 4.79 Å². The lowest BCUT2D eigenvalue weighted by molar-refractivity contribution is -0.135. The van der Waals surface area contributed by atoms with Crippen LogP contribution in [0.2, 0.25) is 0 Å². The fourth-order valence-electron chi connectivity index (χ4n) is 5.25. The molecule has 1 aliphatic heterocycles. The number of hydrogen-bond donors (Lipinski definition) is 2. The number of aliphatic hydroxyl groups excluding tert-OH is 1. The summed E-state index contributed by atoms with van der Waals surface area (Å²) < 4.78 is 2.04. The molecule has 37 heavy (non-hydrogen) atoms. The normalized spacial score (nSPS) is 14.5. The largest absolute Gasteiger partial charge is 0.387 e. The Labute approximate surface area is 214 Å². The molecule has 0 aliphatic carbocycles. The summed E-state index contributed by atoms with van der Waals surface area (Å²) in [6.45, 7) is 0.882. The fraction of sp³-hybridized carbons (Fsp3) is 0.241. The average Bonchev–Trinajstić information content (AvgIpc) is 3.32. The Kier molecular flexibility index (Phi) is 6.02. The van der Waals surface area contributed by atoms with Gasteiger partial charge in [-0.1, -0.05) is 48.5 Å². The summed E-state index contributed by atoms with van der Waals surface area (Å²) in [7, 11) is 0. The van der Waals surface area contributed by atoms with Gasteiger partial charge in [0.05, 0.1) is 11.2 Å². The van der Waals surface area contributed by atoms with E-state index in [1.54, 1.807) is 11.1 Å². The summed E-state index contributed by atoms with van der Waals surface area (Å²) in [6, 6.07) is 20.5. The Morgan fingerprint density at radius 1 is 1.00 bits per heavy atom. The van der Waals surface area contributed by atoms with Crippen molar-refractivity contribution in [3.05, 3.63) is 78.9 Å². The van der Waals surface area contributed by atoms with Crippen molar-refractivity contribution in [1.29, 1.82) is 0 Å². The van der Waals surface area contributed by atoms with Gasteiger partial charge in [-0.25, -0.2) is 15.0 Å². The van der Waals surface area contributed by atoms with Crippen molar-refractivity contribution in [2.24, 2.45) is 5.92 Å². The highest BCUT2D eigenvalue weighted by molar-refractivity contribution is 5.91. The maximum absolute atomic E-state index is 11.8. The Morgan fingerprint density at radius 2 is 1.78 bits per heavy atom. The molecule has 3 aromatic heterocycles. The summed E-state index contributed by atoms with van der Waals surface area (Å²) in [5.41, 5.74) is 11.8. The average molecular weight is 493 g/mol. The zero-order valence-electron chi connectivity index (χ0n) is 20.4.